The van der Waals surface area contributed by atoms with E-state index in [1.165, 1.54) is 0 Å². The predicted molar refractivity (Wildman–Crippen MR) is 172 cm³/mol. The van der Waals surface area contributed by atoms with E-state index < -0.39 is 0 Å². The third-order valence-electron chi connectivity index (χ3n) is 7.77. The molecule has 0 atom stereocenters. The van der Waals surface area contributed by atoms with Gasteiger partial charge in [-0.3, -0.25) is 9.13 Å². The zero-order valence-electron chi connectivity index (χ0n) is 22.8. The molecular formula is C38H26N4. The molecule has 0 N–H and O–H groups in total. The van der Waals surface area contributed by atoms with Gasteiger partial charge in [-0.05, 0) is 36.4 Å². The molecular weight excluding hydrogens is 512 g/mol. The van der Waals surface area contributed by atoms with Crippen molar-refractivity contribution in [1.29, 1.82) is 0 Å². The molecule has 0 amide bonds. The van der Waals surface area contributed by atoms with E-state index in [2.05, 4.69) is 143 Å². The Balaban J connectivity index is 1.42. The highest BCUT2D eigenvalue weighted by atomic mass is 15.1. The maximum absolute atomic E-state index is 5.11. The SMILES string of the molecule is c1ccc(-c2nc3ccccc3n2-c2ccccc2-c2ccccc2-n2c(-c3ccccc3)nc3ccccc32)cc1. The van der Waals surface area contributed by atoms with Gasteiger partial charge in [0.15, 0.2) is 0 Å². The molecule has 0 radical (unpaired) electrons. The lowest BCUT2D eigenvalue weighted by molar-refractivity contribution is 1.09. The molecule has 0 aliphatic rings. The Morgan fingerprint density at radius 3 is 1.14 bits per heavy atom. The lowest BCUT2D eigenvalue weighted by atomic mass is 10.0. The van der Waals surface area contributed by atoms with Crippen LogP contribution in [0, 0.1) is 0 Å². The van der Waals surface area contributed by atoms with Gasteiger partial charge < -0.3 is 0 Å². The highest BCUT2D eigenvalue weighted by Crippen LogP contribution is 2.39. The molecule has 0 fully saturated rings. The minimum Gasteiger partial charge on any atom is -0.292 e. The molecule has 8 rings (SSSR count). The molecule has 0 aliphatic carbocycles. The third kappa shape index (κ3) is 3.93. The van der Waals surface area contributed by atoms with E-state index in [1.807, 2.05) is 24.3 Å². The minimum atomic E-state index is 0.916. The summed E-state index contributed by atoms with van der Waals surface area (Å²) in [6, 6.07) is 54.8. The van der Waals surface area contributed by atoms with E-state index in [0.717, 1.165) is 67.3 Å². The number of fused-ring (bicyclic) bond motifs is 2. The number of para-hydroxylation sites is 6. The maximum atomic E-state index is 5.11. The monoisotopic (exact) mass is 538 g/mol. The molecule has 6 aromatic carbocycles. The van der Waals surface area contributed by atoms with E-state index in [1.54, 1.807) is 0 Å². The van der Waals surface area contributed by atoms with Gasteiger partial charge in [-0.1, -0.05) is 121 Å². The summed E-state index contributed by atoms with van der Waals surface area (Å²) in [6.07, 6.45) is 0. The maximum Gasteiger partial charge on any atom is 0.145 e. The number of rotatable bonds is 5. The highest BCUT2D eigenvalue weighted by Gasteiger charge is 2.21. The standard InChI is InChI=1S/C38H26N4/c1-3-15-27(16-4-1)37-39-31-21-9-13-25-35(31)41(37)33-23-11-7-19-29(33)30-20-8-12-24-34(30)42-36-26-14-10-22-32(36)40-38(42)28-17-5-2-6-18-28/h1-26H. The molecule has 0 saturated carbocycles. The summed E-state index contributed by atoms with van der Waals surface area (Å²) in [5.41, 5.74) is 10.6. The molecule has 0 unspecified atom stereocenters. The molecule has 2 heterocycles. The Morgan fingerprint density at radius 2 is 0.690 bits per heavy atom. The van der Waals surface area contributed by atoms with Crippen LogP contribution in [0.3, 0.4) is 0 Å². The van der Waals surface area contributed by atoms with Gasteiger partial charge in [0.2, 0.25) is 0 Å². The van der Waals surface area contributed by atoms with Crippen LogP contribution in [0.15, 0.2) is 158 Å². The molecule has 0 spiro atoms. The Bertz CT molecular complexity index is 2030. The van der Waals surface area contributed by atoms with Crippen molar-refractivity contribution in [3.05, 3.63) is 158 Å². The first-order chi connectivity index (χ1) is 20.9. The largest absolute Gasteiger partial charge is 0.292 e. The molecule has 2 aromatic heterocycles. The minimum absolute atomic E-state index is 0.916. The van der Waals surface area contributed by atoms with Gasteiger partial charge in [0.05, 0.1) is 33.4 Å². The second-order valence-corrected chi connectivity index (χ2v) is 10.3. The summed E-state index contributed by atoms with van der Waals surface area (Å²) >= 11 is 0. The topological polar surface area (TPSA) is 35.6 Å². The van der Waals surface area contributed by atoms with E-state index >= 15 is 0 Å². The molecule has 0 bridgehead atoms. The van der Waals surface area contributed by atoms with E-state index in [9.17, 15) is 0 Å². The molecule has 42 heavy (non-hydrogen) atoms. The van der Waals surface area contributed by atoms with Gasteiger partial charge in [0.1, 0.15) is 11.6 Å². The van der Waals surface area contributed by atoms with Crippen LogP contribution in [0.1, 0.15) is 0 Å². The van der Waals surface area contributed by atoms with E-state index in [-0.39, 0.29) is 0 Å². The number of hydrogen-bond donors (Lipinski definition) is 0. The first kappa shape index (κ1) is 24.1. The van der Waals surface area contributed by atoms with Gasteiger partial charge in [-0.15, -0.1) is 0 Å². The average molecular weight is 539 g/mol. The Morgan fingerprint density at radius 1 is 0.333 bits per heavy atom. The van der Waals surface area contributed by atoms with Gasteiger partial charge in [0, 0.05) is 22.3 Å². The number of benzene rings is 6. The summed E-state index contributed by atoms with van der Waals surface area (Å²) in [4.78, 5) is 10.2. The number of hydrogen-bond acceptors (Lipinski definition) is 2. The van der Waals surface area contributed by atoms with Crippen LogP contribution in [-0.2, 0) is 0 Å². The van der Waals surface area contributed by atoms with Crippen molar-refractivity contribution in [3.63, 3.8) is 0 Å². The van der Waals surface area contributed by atoms with Crippen LogP contribution in [-0.4, -0.2) is 19.1 Å². The first-order valence-corrected chi connectivity index (χ1v) is 14.1. The summed E-state index contributed by atoms with van der Waals surface area (Å²) in [7, 11) is 0. The number of nitrogens with zero attached hydrogens (tertiary/aromatic N) is 4. The lowest BCUT2D eigenvalue weighted by Gasteiger charge is -2.19. The fourth-order valence-electron chi connectivity index (χ4n) is 5.89. The van der Waals surface area contributed by atoms with Crippen LogP contribution in [0.4, 0.5) is 0 Å². The van der Waals surface area contributed by atoms with E-state index in [4.69, 9.17) is 9.97 Å². The van der Waals surface area contributed by atoms with Crippen molar-refractivity contribution in [2.75, 3.05) is 0 Å². The van der Waals surface area contributed by atoms with Crippen LogP contribution in [0.2, 0.25) is 0 Å². The summed E-state index contributed by atoms with van der Waals surface area (Å²) in [6.45, 7) is 0. The smallest absolute Gasteiger partial charge is 0.145 e. The highest BCUT2D eigenvalue weighted by molar-refractivity contribution is 5.90. The Kier molecular flexibility index (Phi) is 5.75. The van der Waals surface area contributed by atoms with Crippen molar-refractivity contribution < 1.29 is 0 Å². The number of aromatic nitrogens is 4. The fraction of sp³-hybridized carbons (Fsp3) is 0. The summed E-state index contributed by atoms with van der Waals surface area (Å²) < 4.78 is 4.59. The Labute approximate surface area is 243 Å². The van der Waals surface area contributed by atoms with Crippen molar-refractivity contribution in [2.24, 2.45) is 0 Å². The average Bonchev–Trinajstić information content (AvgIpc) is 3.65. The third-order valence-corrected chi connectivity index (χ3v) is 7.77. The zero-order chi connectivity index (χ0) is 27.9. The van der Waals surface area contributed by atoms with Gasteiger partial charge in [-0.25, -0.2) is 9.97 Å². The van der Waals surface area contributed by atoms with Crippen LogP contribution >= 0.6 is 0 Å². The number of imidazole rings is 2. The molecule has 0 aliphatic heterocycles. The van der Waals surface area contributed by atoms with Crippen LogP contribution < -0.4 is 0 Å². The molecule has 198 valence electrons. The van der Waals surface area contributed by atoms with E-state index in [0.29, 0.717) is 0 Å². The molecule has 0 saturated heterocycles. The van der Waals surface area contributed by atoms with Crippen molar-refractivity contribution >= 4 is 22.1 Å². The fourth-order valence-corrected chi connectivity index (χ4v) is 5.89. The second kappa shape index (κ2) is 10.0. The van der Waals surface area contributed by atoms with Crippen molar-refractivity contribution in [3.8, 4) is 45.3 Å². The molecule has 4 nitrogen and oxygen atoms in total. The zero-order valence-corrected chi connectivity index (χ0v) is 22.8. The Hall–Kier alpha value is -5.74. The molecule has 8 aromatic rings. The summed E-state index contributed by atoms with van der Waals surface area (Å²) in [5.74, 6) is 1.83. The van der Waals surface area contributed by atoms with Gasteiger partial charge >= 0.3 is 0 Å². The second-order valence-electron chi connectivity index (χ2n) is 10.3. The normalized spacial score (nSPS) is 11.3. The van der Waals surface area contributed by atoms with Crippen molar-refractivity contribution in [2.45, 2.75) is 0 Å². The first-order valence-electron chi connectivity index (χ1n) is 14.1. The lowest BCUT2D eigenvalue weighted by Crippen LogP contribution is -2.03. The van der Waals surface area contributed by atoms with Crippen molar-refractivity contribution in [1.82, 2.24) is 19.1 Å². The summed E-state index contributed by atoms with van der Waals surface area (Å²) in [5, 5.41) is 0. The van der Waals surface area contributed by atoms with Crippen LogP contribution in [0.5, 0.6) is 0 Å². The quantitative estimate of drug-likeness (QED) is 0.219. The molecule has 4 heteroatoms. The predicted octanol–water partition coefficient (Wildman–Crippen LogP) is 9.37. The van der Waals surface area contributed by atoms with Gasteiger partial charge in [-0.2, -0.15) is 0 Å². The van der Waals surface area contributed by atoms with Gasteiger partial charge in [0.25, 0.3) is 0 Å². The van der Waals surface area contributed by atoms with Crippen LogP contribution in [0.25, 0.3) is 67.3 Å².